The predicted molar refractivity (Wildman–Crippen MR) is 73.0 cm³/mol. The molecule has 0 saturated heterocycles. The topological polar surface area (TPSA) is 33.3 Å². The summed E-state index contributed by atoms with van der Waals surface area (Å²) in [6.45, 7) is 6.10. The summed E-state index contributed by atoms with van der Waals surface area (Å²) < 4.78 is 5.75. The number of para-hydroxylation sites is 1. The summed E-state index contributed by atoms with van der Waals surface area (Å²) in [4.78, 5) is 0. The molecule has 0 bridgehead atoms. The van der Waals surface area contributed by atoms with Gasteiger partial charge in [0.05, 0.1) is 12.3 Å². The van der Waals surface area contributed by atoms with Crippen LogP contribution in [-0.2, 0) is 0 Å². The molecule has 1 unspecified atom stereocenters. The first-order valence-corrected chi connectivity index (χ1v) is 6.61. The van der Waals surface area contributed by atoms with Crippen molar-refractivity contribution in [1.82, 2.24) is 0 Å². The fourth-order valence-electron chi connectivity index (χ4n) is 2.18. The molecule has 1 aliphatic rings. The molecule has 2 N–H and O–H groups in total. The van der Waals surface area contributed by atoms with Crippen LogP contribution in [-0.4, -0.2) is 19.2 Å². The smallest absolute Gasteiger partial charge is 0.144 e. The minimum atomic E-state index is 0.536. The molecule has 3 nitrogen and oxygen atoms in total. The highest BCUT2D eigenvalue weighted by molar-refractivity contribution is 5.77. The Hall–Kier alpha value is -1.38. The van der Waals surface area contributed by atoms with E-state index in [2.05, 4.69) is 30.5 Å². The monoisotopic (exact) mass is 234 g/mol. The minimum Gasteiger partial charge on any atom is -0.491 e. The van der Waals surface area contributed by atoms with Crippen molar-refractivity contribution in [2.24, 2.45) is 0 Å². The first kappa shape index (κ1) is 12.1. The van der Waals surface area contributed by atoms with Crippen LogP contribution in [0.4, 0.5) is 11.4 Å². The first-order chi connectivity index (χ1) is 8.35. The van der Waals surface area contributed by atoms with Gasteiger partial charge in [0.2, 0.25) is 0 Å². The van der Waals surface area contributed by atoms with Crippen molar-refractivity contribution in [3.63, 3.8) is 0 Å². The van der Waals surface area contributed by atoms with E-state index in [1.54, 1.807) is 0 Å². The molecule has 3 heteroatoms. The van der Waals surface area contributed by atoms with Gasteiger partial charge in [-0.3, -0.25) is 0 Å². The lowest BCUT2D eigenvalue weighted by molar-refractivity contribution is 0.318. The molecule has 0 saturated carbocycles. The molecule has 0 amide bonds. The summed E-state index contributed by atoms with van der Waals surface area (Å²) in [7, 11) is 0. The zero-order valence-electron chi connectivity index (χ0n) is 10.8. The van der Waals surface area contributed by atoms with Crippen molar-refractivity contribution in [1.29, 1.82) is 0 Å². The van der Waals surface area contributed by atoms with Crippen LogP contribution in [0.1, 0.15) is 33.1 Å². The van der Waals surface area contributed by atoms with Crippen LogP contribution in [0.25, 0.3) is 0 Å². The zero-order valence-corrected chi connectivity index (χ0v) is 10.8. The Morgan fingerprint density at radius 3 is 2.94 bits per heavy atom. The van der Waals surface area contributed by atoms with Crippen LogP contribution >= 0.6 is 0 Å². The van der Waals surface area contributed by atoms with Crippen molar-refractivity contribution in [2.45, 2.75) is 39.2 Å². The number of hydrogen-bond donors (Lipinski definition) is 2. The van der Waals surface area contributed by atoms with E-state index in [1.807, 2.05) is 12.1 Å². The van der Waals surface area contributed by atoms with E-state index in [0.717, 1.165) is 31.0 Å². The average molecular weight is 234 g/mol. The average Bonchev–Trinajstić information content (AvgIpc) is 2.36. The van der Waals surface area contributed by atoms with Gasteiger partial charge in [0.1, 0.15) is 11.4 Å². The maximum absolute atomic E-state index is 5.75. The molecule has 0 radical (unpaired) electrons. The molecular formula is C14H22N2O. The third-order valence-electron chi connectivity index (χ3n) is 3.01. The molecule has 1 aromatic rings. The number of benzene rings is 1. The van der Waals surface area contributed by atoms with Gasteiger partial charge in [-0.15, -0.1) is 0 Å². The molecule has 2 rings (SSSR count). The van der Waals surface area contributed by atoms with Crippen molar-refractivity contribution < 1.29 is 4.74 Å². The van der Waals surface area contributed by atoms with E-state index >= 15 is 0 Å². The maximum atomic E-state index is 5.75. The lowest BCUT2D eigenvalue weighted by Gasteiger charge is -2.29. The molecule has 1 atom stereocenters. The minimum absolute atomic E-state index is 0.536. The van der Waals surface area contributed by atoms with Gasteiger partial charge < -0.3 is 15.4 Å². The highest BCUT2D eigenvalue weighted by Crippen LogP contribution is 2.35. The van der Waals surface area contributed by atoms with Crippen LogP contribution in [0.2, 0.25) is 0 Å². The van der Waals surface area contributed by atoms with Crippen molar-refractivity contribution in [3.05, 3.63) is 18.2 Å². The Bertz CT molecular complexity index is 365. The number of anilines is 2. The van der Waals surface area contributed by atoms with E-state index in [0.29, 0.717) is 6.04 Å². The van der Waals surface area contributed by atoms with Crippen molar-refractivity contribution in [3.8, 4) is 5.75 Å². The number of ether oxygens (including phenoxy) is 1. The lowest BCUT2D eigenvalue weighted by atomic mass is 10.1. The van der Waals surface area contributed by atoms with Crippen LogP contribution < -0.4 is 15.4 Å². The molecular weight excluding hydrogens is 212 g/mol. The fraction of sp³-hybridized carbons (Fsp3) is 0.571. The Labute approximate surface area is 104 Å². The second-order valence-electron chi connectivity index (χ2n) is 4.54. The van der Waals surface area contributed by atoms with Gasteiger partial charge in [0, 0.05) is 12.6 Å². The summed E-state index contributed by atoms with van der Waals surface area (Å²) in [5, 5.41) is 7.06. The van der Waals surface area contributed by atoms with E-state index in [1.165, 1.54) is 18.5 Å². The Balaban J connectivity index is 2.11. The van der Waals surface area contributed by atoms with Gasteiger partial charge in [0.25, 0.3) is 0 Å². The predicted octanol–water partition coefficient (Wildman–Crippen LogP) is 3.48. The van der Waals surface area contributed by atoms with E-state index in [-0.39, 0.29) is 0 Å². The lowest BCUT2D eigenvalue weighted by Crippen LogP contribution is -2.32. The van der Waals surface area contributed by atoms with Crippen molar-refractivity contribution in [2.75, 3.05) is 23.8 Å². The summed E-state index contributed by atoms with van der Waals surface area (Å²) >= 11 is 0. The standard InChI is InChI=1S/C14H22N2O/c1-3-6-11-10-15-14-12(16-11)7-5-8-13(14)17-9-4-2/h5,7-8,11,15-16H,3-4,6,9-10H2,1-2H3. The molecule has 1 aliphatic heterocycles. The van der Waals surface area contributed by atoms with Gasteiger partial charge in [-0.2, -0.15) is 0 Å². The molecule has 0 spiro atoms. The molecule has 94 valence electrons. The van der Waals surface area contributed by atoms with Crippen LogP contribution in [0.3, 0.4) is 0 Å². The van der Waals surface area contributed by atoms with Gasteiger partial charge in [-0.25, -0.2) is 0 Å². The molecule has 0 aliphatic carbocycles. The number of nitrogens with one attached hydrogen (secondary N) is 2. The Morgan fingerprint density at radius 1 is 1.29 bits per heavy atom. The van der Waals surface area contributed by atoms with Gasteiger partial charge in [-0.1, -0.05) is 26.3 Å². The highest BCUT2D eigenvalue weighted by atomic mass is 16.5. The van der Waals surface area contributed by atoms with Gasteiger partial charge in [-0.05, 0) is 25.0 Å². The highest BCUT2D eigenvalue weighted by Gasteiger charge is 2.19. The van der Waals surface area contributed by atoms with Crippen LogP contribution in [0.5, 0.6) is 5.75 Å². The quantitative estimate of drug-likeness (QED) is 0.818. The maximum Gasteiger partial charge on any atom is 0.144 e. The third-order valence-corrected chi connectivity index (χ3v) is 3.01. The van der Waals surface area contributed by atoms with Gasteiger partial charge >= 0.3 is 0 Å². The molecule has 0 fully saturated rings. The normalized spacial score (nSPS) is 17.9. The molecule has 17 heavy (non-hydrogen) atoms. The molecule has 1 heterocycles. The van der Waals surface area contributed by atoms with E-state index in [4.69, 9.17) is 4.74 Å². The van der Waals surface area contributed by atoms with Gasteiger partial charge in [0.15, 0.2) is 0 Å². The third kappa shape index (κ3) is 2.84. The van der Waals surface area contributed by atoms with Crippen LogP contribution in [0, 0.1) is 0 Å². The van der Waals surface area contributed by atoms with Crippen molar-refractivity contribution >= 4 is 11.4 Å². The number of rotatable bonds is 5. The summed E-state index contributed by atoms with van der Waals surface area (Å²) in [6.07, 6.45) is 3.45. The number of fused-ring (bicyclic) bond motifs is 1. The summed E-state index contributed by atoms with van der Waals surface area (Å²) in [5.41, 5.74) is 2.29. The second-order valence-corrected chi connectivity index (χ2v) is 4.54. The van der Waals surface area contributed by atoms with Crippen LogP contribution in [0.15, 0.2) is 18.2 Å². The number of hydrogen-bond acceptors (Lipinski definition) is 3. The first-order valence-electron chi connectivity index (χ1n) is 6.61. The summed E-state index contributed by atoms with van der Waals surface area (Å²) in [6, 6.07) is 6.73. The van der Waals surface area contributed by atoms with E-state index in [9.17, 15) is 0 Å². The Kier molecular flexibility index (Phi) is 4.13. The molecule has 1 aromatic carbocycles. The Morgan fingerprint density at radius 2 is 2.18 bits per heavy atom. The van der Waals surface area contributed by atoms with E-state index < -0.39 is 0 Å². The molecule has 0 aromatic heterocycles. The second kappa shape index (κ2) is 5.80. The largest absolute Gasteiger partial charge is 0.491 e. The zero-order chi connectivity index (χ0) is 12.1. The fourth-order valence-corrected chi connectivity index (χ4v) is 2.18. The summed E-state index contributed by atoms with van der Waals surface area (Å²) in [5.74, 6) is 0.965. The SMILES string of the molecule is CCCOc1cccc2c1NCC(CCC)N2.